The molecule has 0 unspecified atom stereocenters. The number of anilines is 1. The van der Waals surface area contributed by atoms with E-state index in [-0.39, 0.29) is 5.75 Å². The second kappa shape index (κ2) is 7.27. The second-order valence-electron chi connectivity index (χ2n) is 5.85. The Kier molecular flexibility index (Phi) is 5.11. The van der Waals surface area contributed by atoms with Gasteiger partial charge in [-0.15, -0.1) is 0 Å². The van der Waals surface area contributed by atoms with Crippen molar-refractivity contribution in [3.8, 4) is 0 Å². The quantitative estimate of drug-likeness (QED) is 0.824. The zero-order chi connectivity index (χ0) is 17.0. The molecule has 0 aliphatic carbocycles. The molecule has 0 saturated carbocycles. The first-order valence-corrected chi connectivity index (χ1v) is 9.77. The van der Waals surface area contributed by atoms with Gasteiger partial charge < -0.3 is 4.90 Å². The molecule has 1 aromatic carbocycles. The van der Waals surface area contributed by atoms with Crippen molar-refractivity contribution in [2.45, 2.75) is 19.1 Å². The van der Waals surface area contributed by atoms with E-state index in [2.05, 4.69) is 21.8 Å². The zero-order valence-electron chi connectivity index (χ0n) is 13.8. The van der Waals surface area contributed by atoms with Gasteiger partial charge in [0.25, 0.3) is 0 Å². The average molecular weight is 346 g/mol. The van der Waals surface area contributed by atoms with E-state index in [1.807, 2.05) is 36.4 Å². The Hall–Kier alpha value is -1.99. The van der Waals surface area contributed by atoms with E-state index in [9.17, 15) is 8.42 Å². The monoisotopic (exact) mass is 346 g/mol. The largest absolute Gasteiger partial charge is 0.354 e. The summed E-state index contributed by atoms with van der Waals surface area (Å²) < 4.78 is 26.7. The van der Waals surface area contributed by atoms with E-state index in [0.29, 0.717) is 26.2 Å². The van der Waals surface area contributed by atoms with Crippen LogP contribution in [0.15, 0.2) is 42.7 Å². The number of aryl methyl sites for hydroxylation is 1. The van der Waals surface area contributed by atoms with Gasteiger partial charge in [0.1, 0.15) is 12.1 Å². The maximum absolute atomic E-state index is 12.6. The fraction of sp³-hybridized carbons (Fsp3) is 0.412. The van der Waals surface area contributed by atoms with Gasteiger partial charge in [-0.05, 0) is 12.0 Å². The number of sulfonamides is 1. The highest BCUT2D eigenvalue weighted by Gasteiger charge is 2.27. The average Bonchev–Trinajstić information content (AvgIpc) is 2.62. The van der Waals surface area contributed by atoms with E-state index >= 15 is 0 Å². The van der Waals surface area contributed by atoms with Gasteiger partial charge in [0.15, 0.2) is 0 Å². The number of benzene rings is 1. The van der Waals surface area contributed by atoms with Crippen molar-refractivity contribution in [1.82, 2.24) is 14.3 Å². The number of hydrogen-bond acceptors (Lipinski definition) is 5. The standard InChI is InChI=1S/C17H22N4O2S/c1-2-16-12-17(19-14-18-16)20-8-10-21(11-9-20)24(22,23)13-15-6-4-3-5-7-15/h3-7,12,14H,2,8-11,13H2,1H3. The molecule has 1 aliphatic rings. The van der Waals surface area contributed by atoms with Crippen LogP contribution in [-0.4, -0.2) is 48.9 Å². The normalized spacial score (nSPS) is 16.3. The maximum atomic E-state index is 12.6. The summed E-state index contributed by atoms with van der Waals surface area (Å²) in [5, 5.41) is 0. The summed E-state index contributed by atoms with van der Waals surface area (Å²) in [7, 11) is -3.28. The third-order valence-corrected chi connectivity index (χ3v) is 6.07. The Morgan fingerprint density at radius 1 is 1.04 bits per heavy atom. The molecule has 6 nitrogen and oxygen atoms in total. The number of rotatable bonds is 5. The minimum Gasteiger partial charge on any atom is -0.354 e. The van der Waals surface area contributed by atoms with E-state index in [1.54, 1.807) is 10.6 Å². The van der Waals surface area contributed by atoms with Crippen molar-refractivity contribution in [2.75, 3.05) is 31.1 Å². The fourth-order valence-corrected chi connectivity index (χ4v) is 4.34. The lowest BCUT2D eigenvalue weighted by atomic mass is 10.2. The van der Waals surface area contributed by atoms with Crippen LogP contribution in [0.3, 0.4) is 0 Å². The van der Waals surface area contributed by atoms with Crippen molar-refractivity contribution >= 4 is 15.8 Å². The van der Waals surface area contributed by atoms with Gasteiger partial charge in [-0.3, -0.25) is 0 Å². The number of aromatic nitrogens is 2. The fourth-order valence-electron chi connectivity index (χ4n) is 2.82. The summed E-state index contributed by atoms with van der Waals surface area (Å²) in [6.45, 7) is 4.32. The second-order valence-corrected chi connectivity index (χ2v) is 7.82. The van der Waals surface area contributed by atoms with Gasteiger partial charge >= 0.3 is 0 Å². The molecule has 1 fully saturated rings. The molecular formula is C17H22N4O2S. The maximum Gasteiger partial charge on any atom is 0.218 e. The van der Waals surface area contributed by atoms with E-state index in [1.165, 1.54) is 0 Å². The third-order valence-electron chi connectivity index (χ3n) is 4.22. The van der Waals surface area contributed by atoms with Crippen molar-refractivity contribution in [1.29, 1.82) is 0 Å². The van der Waals surface area contributed by atoms with Crippen LogP contribution < -0.4 is 4.90 Å². The van der Waals surface area contributed by atoms with Gasteiger partial charge in [-0.25, -0.2) is 18.4 Å². The lowest BCUT2D eigenvalue weighted by molar-refractivity contribution is 0.383. The molecule has 2 aromatic rings. The minimum atomic E-state index is -3.28. The van der Waals surface area contributed by atoms with Crippen molar-refractivity contribution in [2.24, 2.45) is 0 Å². The molecule has 24 heavy (non-hydrogen) atoms. The highest BCUT2D eigenvalue weighted by atomic mass is 32.2. The van der Waals surface area contributed by atoms with E-state index in [4.69, 9.17) is 0 Å². The van der Waals surface area contributed by atoms with E-state index < -0.39 is 10.0 Å². The summed E-state index contributed by atoms with van der Waals surface area (Å²) in [4.78, 5) is 10.6. The Balaban J connectivity index is 1.64. The summed E-state index contributed by atoms with van der Waals surface area (Å²) in [5.74, 6) is 0.934. The SMILES string of the molecule is CCc1cc(N2CCN(S(=O)(=O)Cc3ccccc3)CC2)ncn1. The Morgan fingerprint density at radius 3 is 2.42 bits per heavy atom. The Labute approximate surface area is 143 Å². The summed E-state index contributed by atoms with van der Waals surface area (Å²) in [6.07, 6.45) is 2.44. The highest BCUT2D eigenvalue weighted by Crippen LogP contribution is 2.18. The van der Waals surface area contributed by atoms with Crippen molar-refractivity contribution in [3.63, 3.8) is 0 Å². The minimum absolute atomic E-state index is 0.0569. The van der Waals surface area contributed by atoms with Crippen molar-refractivity contribution < 1.29 is 8.42 Å². The summed E-state index contributed by atoms with van der Waals surface area (Å²) in [6, 6.07) is 11.3. The molecule has 7 heteroatoms. The topological polar surface area (TPSA) is 66.4 Å². The zero-order valence-corrected chi connectivity index (χ0v) is 14.6. The lowest BCUT2D eigenvalue weighted by Crippen LogP contribution is -2.49. The van der Waals surface area contributed by atoms with Crippen LogP contribution in [0, 0.1) is 0 Å². The predicted octanol–water partition coefficient (Wildman–Crippen LogP) is 1.69. The predicted molar refractivity (Wildman–Crippen MR) is 94.3 cm³/mol. The van der Waals surface area contributed by atoms with Gasteiger partial charge in [-0.2, -0.15) is 4.31 Å². The molecule has 2 heterocycles. The Morgan fingerprint density at radius 2 is 1.75 bits per heavy atom. The molecule has 0 N–H and O–H groups in total. The smallest absolute Gasteiger partial charge is 0.218 e. The Bertz CT molecular complexity index is 772. The first kappa shape index (κ1) is 16.9. The molecular weight excluding hydrogens is 324 g/mol. The molecule has 0 bridgehead atoms. The van der Waals surface area contributed by atoms with Crippen LogP contribution in [0.1, 0.15) is 18.2 Å². The molecule has 0 spiro atoms. The summed E-state index contributed by atoms with van der Waals surface area (Å²) >= 11 is 0. The molecule has 0 amide bonds. The first-order valence-electron chi connectivity index (χ1n) is 8.16. The first-order chi connectivity index (χ1) is 11.6. The van der Waals surface area contributed by atoms with Gasteiger partial charge in [0, 0.05) is 37.9 Å². The van der Waals surface area contributed by atoms with Gasteiger partial charge in [0.05, 0.1) is 5.75 Å². The van der Waals surface area contributed by atoms with E-state index in [0.717, 1.165) is 23.5 Å². The van der Waals surface area contributed by atoms with Gasteiger partial charge in [0.2, 0.25) is 10.0 Å². The summed E-state index contributed by atoms with van der Waals surface area (Å²) in [5.41, 5.74) is 1.82. The molecule has 0 atom stereocenters. The number of piperazine rings is 1. The molecule has 0 radical (unpaired) electrons. The molecule has 3 rings (SSSR count). The van der Waals surface area contributed by atoms with Crippen LogP contribution in [0.25, 0.3) is 0 Å². The highest BCUT2D eigenvalue weighted by molar-refractivity contribution is 7.88. The van der Waals surface area contributed by atoms with Crippen LogP contribution in [0.2, 0.25) is 0 Å². The van der Waals surface area contributed by atoms with Crippen LogP contribution in [0.4, 0.5) is 5.82 Å². The van der Waals surface area contributed by atoms with Gasteiger partial charge in [-0.1, -0.05) is 37.3 Å². The molecule has 128 valence electrons. The molecule has 1 aliphatic heterocycles. The molecule has 1 saturated heterocycles. The third kappa shape index (κ3) is 3.91. The van der Waals surface area contributed by atoms with Crippen LogP contribution in [0.5, 0.6) is 0 Å². The molecule has 1 aromatic heterocycles. The van der Waals surface area contributed by atoms with Crippen molar-refractivity contribution in [3.05, 3.63) is 54.0 Å². The number of nitrogens with zero attached hydrogens (tertiary/aromatic N) is 4. The lowest BCUT2D eigenvalue weighted by Gasteiger charge is -2.34. The number of hydrogen-bond donors (Lipinski definition) is 0. The van der Waals surface area contributed by atoms with Crippen LogP contribution >= 0.6 is 0 Å². The van der Waals surface area contributed by atoms with Crippen LogP contribution in [-0.2, 0) is 22.2 Å².